The largest absolute Gasteiger partial charge is 0.459 e. The monoisotopic (exact) mass is 289 g/mol. The number of esters is 2. The van der Waals surface area contributed by atoms with Crippen molar-refractivity contribution in [1.29, 1.82) is 0 Å². The van der Waals surface area contributed by atoms with Gasteiger partial charge in [-0.25, -0.2) is 9.59 Å². The van der Waals surface area contributed by atoms with Crippen molar-refractivity contribution in [2.24, 2.45) is 0 Å². The van der Waals surface area contributed by atoms with Crippen LogP contribution >= 0.6 is 0 Å². The fraction of sp³-hybridized carbons (Fsp3) is 0.267. The molecule has 2 rings (SSSR count). The van der Waals surface area contributed by atoms with Crippen molar-refractivity contribution in [3.05, 3.63) is 48.0 Å². The Morgan fingerprint density at radius 1 is 1.33 bits per heavy atom. The molecule has 0 bridgehead atoms. The van der Waals surface area contributed by atoms with Crippen LogP contribution in [0, 0.1) is 0 Å². The quantitative estimate of drug-likeness (QED) is 0.501. The molecule has 0 saturated carbocycles. The van der Waals surface area contributed by atoms with Gasteiger partial charge in [-0.1, -0.05) is 36.4 Å². The van der Waals surface area contributed by atoms with Crippen LogP contribution in [0.3, 0.4) is 0 Å². The number of carbonyl (C=O) groups is 3. The summed E-state index contributed by atoms with van der Waals surface area (Å²) in [5.41, 5.74) is 0.785. The molecule has 1 amide bonds. The van der Waals surface area contributed by atoms with Crippen molar-refractivity contribution < 1.29 is 23.9 Å². The molecule has 1 fully saturated rings. The smallest absolute Gasteiger partial charge is 0.341 e. The highest BCUT2D eigenvalue weighted by molar-refractivity contribution is 6.06. The van der Waals surface area contributed by atoms with Gasteiger partial charge < -0.3 is 14.8 Å². The van der Waals surface area contributed by atoms with E-state index in [1.807, 2.05) is 18.2 Å². The Kier molecular flexibility index (Phi) is 4.71. The summed E-state index contributed by atoms with van der Waals surface area (Å²) in [6.07, 6.45) is 2.02. The number of hydrogen-bond donors (Lipinski definition) is 1. The van der Waals surface area contributed by atoms with Gasteiger partial charge in [0.05, 0.1) is 0 Å². The molecule has 1 aliphatic rings. The van der Waals surface area contributed by atoms with Gasteiger partial charge in [0, 0.05) is 0 Å². The maximum atomic E-state index is 11.8. The fourth-order valence-corrected chi connectivity index (χ4v) is 1.80. The van der Waals surface area contributed by atoms with Gasteiger partial charge >= 0.3 is 11.9 Å². The van der Waals surface area contributed by atoms with Gasteiger partial charge in [0.15, 0.2) is 6.10 Å². The van der Waals surface area contributed by atoms with Crippen LogP contribution in [0.2, 0.25) is 0 Å². The normalized spacial score (nSPS) is 21.8. The third-order valence-electron chi connectivity index (χ3n) is 2.85. The van der Waals surface area contributed by atoms with Crippen molar-refractivity contribution in [2.75, 3.05) is 0 Å². The van der Waals surface area contributed by atoms with E-state index in [4.69, 9.17) is 9.47 Å². The van der Waals surface area contributed by atoms with E-state index in [9.17, 15) is 14.4 Å². The topological polar surface area (TPSA) is 81.7 Å². The summed E-state index contributed by atoms with van der Waals surface area (Å²) in [6, 6.07) is 7.61. The zero-order chi connectivity index (χ0) is 15.2. The van der Waals surface area contributed by atoms with Crippen molar-refractivity contribution in [1.82, 2.24) is 5.32 Å². The average molecular weight is 289 g/mol. The number of carbonyl (C=O) groups excluding carboxylic acids is 3. The van der Waals surface area contributed by atoms with Gasteiger partial charge in [0.25, 0.3) is 5.91 Å². The number of hydrogen-bond acceptors (Lipinski definition) is 5. The van der Waals surface area contributed by atoms with Crippen LogP contribution in [0.1, 0.15) is 12.5 Å². The van der Waals surface area contributed by atoms with E-state index in [1.165, 1.54) is 6.08 Å². The standard InChI is InChI=1S/C15H15NO5/c1-2-6-11-13(17)16-12(15(19)21-11)14(18)20-9-10-7-4-3-5-8-10/h2-8,11-12H,9H2,1H3,(H,16,17). The second-order valence-electron chi connectivity index (χ2n) is 4.42. The summed E-state index contributed by atoms with van der Waals surface area (Å²) in [4.78, 5) is 35.2. The second-order valence-corrected chi connectivity index (χ2v) is 4.42. The lowest BCUT2D eigenvalue weighted by atomic mass is 10.2. The molecular weight excluding hydrogens is 274 g/mol. The van der Waals surface area contributed by atoms with Crippen molar-refractivity contribution >= 4 is 17.8 Å². The molecular formula is C15H15NO5. The van der Waals surface area contributed by atoms with Crippen molar-refractivity contribution in [2.45, 2.75) is 25.7 Å². The molecule has 6 heteroatoms. The van der Waals surface area contributed by atoms with E-state index in [0.717, 1.165) is 5.56 Å². The molecule has 110 valence electrons. The third kappa shape index (κ3) is 3.68. The minimum atomic E-state index is -1.41. The molecule has 0 radical (unpaired) electrons. The van der Waals surface area contributed by atoms with Crippen LogP contribution < -0.4 is 5.32 Å². The van der Waals surface area contributed by atoms with Gasteiger partial charge in [-0.05, 0) is 18.6 Å². The van der Waals surface area contributed by atoms with E-state index >= 15 is 0 Å². The Bertz CT molecular complexity index is 567. The number of allylic oxidation sites excluding steroid dienone is 1. The molecule has 1 N–H and O–H groups in total. The Morgan fingerprint density at radius 3 is 2.71 bits per heavy atom. The molecule has 1 heterocycles. The van der Waals surface area contributed by atoms with Gasteiger partial charge in [0.2, 0.25) is 6.04 Å². The first kappa shape index (κ1) is 14.8. The van der Waals surface area contributed by atoms with Crippen LogP contribution in [0.25, 0.3) is 0 Å². The predicted molar refractivity (Wildman–Crippen MR) is 72.9 cm³/mol. The van der Waals surface area contributed by atoms with Gasteiger partial charge in [0.1, 0.15) is 6.61 Å². The molecule has 0 aromatic heterocycles. The van der Waals surface area contributed by atoms with E-state index in [0.29, 0.717) is 0 Å². The summed E-state index contributed by atoms with van der Waals surface area (Å²) >= 11 is 0. The highest BCUT2D eigenvalue weighted by Gasteiger charge is 2.40. The van der Waals surface area contributed by atoms with E-state index in [1.54, 1.807) is 25.1 Å². The van der Waals surface area contributed by atoms with Crippen LogP contribution in [-0.2, 0) is 30.5 Å². The fourth-order valence-electron chi connectivity index (χ4n) is 1.80. The molecule has 1 aromatic carbocycles. The minimum Gasteiger partial charge on any atom is -0.459 e. The van der Waals surface area contributed by atoms with Crippen LogP contribution in [0.5, 0.6) is 0 Å². The first-order valence-electron chi connectivity index (χ1n) is 6.46. The zero-order valence-electron chi connectivity index (χ0n) is 11.4. The maximum absolute atomic E-state index is 11.8. The minimum absolute atomic E-state index is 0.0254. The SMILES string of the molecule is CC=CC1OC(=O)C(C(=O)OCc2ccccc2)NC1=O. The Labute approximate surface area is 121 Å². The summed E-state index contributed by atoms with van der Waals surface area (Å²) in [5, 5.41) is 2.30. The third-order valence-corrected chi connectivity index (χ3v) is 2.85. The molecule has 0 aliphatic carbocycles. The maximum Gasteiger partial charge on any atom is 0.341 e. The molecule has 2 atom stereocenters. The number of amides is 1. The first-order chi connectivity index (χ1) is 10.1. The lowest BCUT2D eigenvalue weighted by Crippen LogP contribution is -2.57. The molecule has 2 unspecified atom stereocenters. The Hall–Kier alpha value is -2.63. The molecule has 1 aromatic rings. The van der Waals surface area contributed by atoms with Gasteiger partial charge in [-0.3, -0.25) is 4.79 Å². The Balaban J connectivity index is 1.94. The molecule has 1 aliphatic heterocycles. The van der Waals surface area contributed by atoms with E-state index < -0.39 is 30.0 Å². The highest BCUT2D eigenvalue weighted by atomic mass is 16.6. The van der Waals surface area contributed by atoms with Crippen LogP contribution in [0.4, 0.5) is 0 Å². The van der Waals surface area contributed by atoms with Crippen molar-refractivity contribution in [3.63, 3.8) is 0 Å². The lowest BCUT2D eigenvalue weighted by molar-refractivity contribution is -0.170. The number of cyclic esters (lactones) is 1. The molecule has 6 nitrogen and oxygen atoms in total. The van der Waals surface area contributed by atoms with Gasteiger partial charge in [-0.15, -0.1) is 0 Å². The number of ether oxygens (including phenoxy) is 2. The molecule has 21 heavy (non-hydrogen) atoms. The van der Waals surface area contributed by atoms with E-state index in [2.05, 4.69) is 5.32 Å². The second kappa shape index (κ2) is 6.69. The van der Waals surface area contributed by atoms with Gasteiger partial charge in [-0.2, -0.15) is 0 Å². The summed E-state index contributed by atoms with van der Waals surface area (Å²) in [6.45, 7) is 1.72. The van der Waals surface area contributed by atoms with Crippen molar-refractivity contribution in [3.8, 4) is 0 Å². The first-order valence-corrected chi connectivity index (χ1v) is 6.46. The van der Waals surface area contributed by atoms with E-state index in [-0.39, 0.29) is 6.61 Å². The Morgan fingerprint density at radius 2 is 2.05 bits per heavy atom. The zero-order valence-corrected chi connectivity index (χ0v) is 11.4. The number of rotatable bonds is 4. The number of morpholine rings is 1. The predicted octanol–water partition coefficient (Wildman–Crippen LogP) is 0.716. The van der Waals surface area contributed by atoms with Crippen LogP contribution in [-0.4, -0.2) is 30.0 Å². The summed E-state index contributed by atoms with van der Waals surface area (Å²) in [5.74, 6) is -2.21. The van der Waals surface area contributed by atoms with Crippen LogP contribution in [0.15, 0.2) is 42.5 Å². The number of nitrogens with one attached hydrogen (secondary N) is 1. The highest BCUT2D eigenvalue weighted by Crippen LogP contribution is 2.09. The molecule has 1 saturated heterocycles. The molecule has 0 spiro atoms. The summed E-state index contributed by atoms with van der Waals surface area (Å²) < 4.78 is 9.90. The lowest BCUT2D eigenvalue weighted by Gasteiger charge is -2.25. The summed E-state index contributed by atoms with van der Waals surface area (Å²) in [7, 11) is 0. The average Bonchev–Trinajstić information content (AvgIpc) is 2.49. The number of benzene rings is 1.